The number of aromatic nitrogens is 1. The minimum atomic E-state index is 0.174. The summed E-state index contributed by atoms with van der Waals surface area (Å²) in [5.41, 5.74) is 3.64. The second kappa shape index (κ2) is 9.22. The van der Waals surface area contributed by atoms with Gasteiger partial charge in [0.1, 0.15) is 0 Å². The zero-order valence-electron chi connectivity index (χ0n) is 16.2. The molecule has 0 N–H and O–H groups in total. The van der Waals surface area contributed by atoms with Crippen LogP contribution in [-0.4, -0.2) is 21.4 Å². The molecule has 1 amide bonds. The molecule has 0 saturated heterocycles. The van der Waals surface area contributed by atoms with Gasteiger partial charge in [0.2, 0.25) is 5.91 Å². The first-order valence-electron chi connectivity index (χ1n) is 9.65. The molecule has 3 heteroatoms. The molecule has 3 aromatic rings. The van der Waals surface area contributed by atoms with Crippen molar-refractivity contribution < 1.29 is 4.79 Å². The van der Waals surface area contributed by atoms with E-state index in [0.717, 1.165) is 13.0 Å². The van der Waals surface area contributed by atoms with Crippen molar-refractivity contribution in [2.45, 2.75) is 45.8 Å². The fourth-order valence-corrected chi connectivity index (χ4v) is 3.30. The Morgan fingerprint density at radius 3 is 2.15 bits per heavy atom. The number of hydrogen-bond donors (Lipinski definition) is 0. The van der Waals surface area contributed by atoms with Gasteiger partial charge < -0.3 is 9.47 Å². The highest BCUT2D eigenvalue weighted by Crippen LogP contribution is 2.14. The van der Waals surface area contributed by atoms with Crippen molar-refractivity contribution in [2.24, 2.45) is 0 Å². The normalized spacial score (nSPS) is 10.9. The van der Waals surface area contributed by atoms with Crippen molar-refractivity contribution in [1.29, 1.82) is 0 Å². The Bertz CT molecular complexity index is 837. The van der Waals surface area contributed by atoms with E-state index in [4.69, 9.17) is 0 Å². The lowest BCUT2D eigenvalue weighted by Gasteiger charge is -2.27. The minimum absolute atomic E-state index is 0.174. The van der Waals surface area contributed by atoms with Gasteiger partial charge in [-0.05, 0) is 43.5 Å². The molecule has 0 unspecified atom stereocenters. The van der Waals surface area contributed by atoms with Crippen LogP contribution in [0, 0.1) is 0 Å². The number of amides is 1. The molecule has 0 spiro atoms. The number of rotatable bonds is 8. The lowest BCUT2D eigenvalue weighted by Crippen LogP contribution is -2.37. The van der Waals surface area contributed by atoms with Gasteiger partial charge >= 0.3 is 0 Å². The summed E-state index contributed by atoms with van der Waals surface area (Å²) in [4.78, 5) is 14.9. The summed E-state index contributed by atoms with van der Waals surface area (Å²) in [6.45, 7) is 5.65. The molecule has 140 valence electrons. The summed E-state index contributed by atoms with van der Waals surface area (Å²) >= 11 is 0. The Labute approximate surface area is 162 Å². The van der Waals surface area contributed by atoms with Crippen LogP contribution in [0.4, 0.5) is 0 Å². The molecule has 2 aromatic carbocycles. The molecule has 27 heavy (non-hydrogen) atoms. The Balaban J connectivity index is 1.66. The third-order valence-corrected chi connectivity index (χ3v) is 4.87. The van der Waals surface area contributed by atoms with Gasteiger partial charge in [-0.25, -0.2) is 0 Å². The van der Waals surface area contributed by atoms with E-state index in [9.17, 15) is 4.79 Å². The maximum Gasteiger partial charge on any atom is 0.223 e. The monoisotopic (exact) mass is 360 g/mol. The molecule has 3 nitrogen and oxygen atoms in total. The predicted molar refractivity (Wildman–Crippen MR) is 110 cm³/mol. The smallest absolute Gasteiger partial charge is 0.223 e. The van der Waals surface area contributed by atoms with Crippen LogP contribution in [0.5, 0.6) is 0 Å². The van der Waals surface area contributed by atoms with E-state index in [2.05, 4.69) is 73.1 Å². The van der Waals surface area contributed by atoms with Crippen LogP contribution in [0.25, 0.3) is 0 Å². The van der Waals surface area contributed by atoms with Gasteiger partial charge in [-0.2, -0.15) is 0 Å². The molecule has 0 aliphatic carbocycles. The van der Waals surface area contributed by atoms with Crippen LogP contribution < -0.4 is 0 Å². The van der Waals surface area contributed by atoms with E-state index in [1.807, 2.05) is 29.2 Å². The summed E-state index contributed by atoms with van der Waals surface area (Å²) in [7, 11) is 0. The van der Waals surface area contributed by atoms with Crippen molar-refractivity contribution in [3.05, 3.63) is 95.8 Å². The standard InChI is InChI=1S/C24H28N2O/c1-20(2)26(24(27)16-15-21-10-5-3-6-11-21)19-23-14-9-17-25(23)18-22-12-7-4-8-13-22/h3-14,17,20H,15-16,18-19H2,1-2H3. The number of carbonyl (C=O) groups excluding carboxylic acids is 1. The number of nitrogens with zero attached hydrogens (tertiary/aromatic N) is 2. The minimum Gasteiger partial charge on any atom is -0.345 e. The van der Waals surface area contributed by atoms with Crippen LogP contribution in [0.2, 0.25) is 0 Å². The topological polar surface area (TPSA) is 25.2 Å². The van der Waals surface area contributed by atoms with Crippen molar-refractivity contribution >= 4 is 5.91 Å². The van der Waals surface area contributed by atoms with Gasteiger partial charge in [0.15, 0.2) is 0 Å². The fraction of sp³-hybridized carbons (Fsp3) is 0.292. The van der Waals surface area contributed by atoms with E-state index in [0.29, 0.717) is 13.0 Å². The average Bonchev–Trinajstić information content (AvgIpc) is 3.12. The van der Waals surface area contributed by atoms with Crippen LogP contribution in [0.3, 0.4) is 0 Å². The summed E-state index contributed by atoms with van der Waals surface area (Å²) in [6.07, 6.45) is 3.42. The van der Waals surface area contributed by atoms with Crippen LogP contribution in [-0.2, 0) is 24.3 Å². The van der Waals surface area contributed by atoms with E-state index >= 15 is 0 Å². The molecule has 0 saturated carbocycles. The Kier molecular flexibility index (Phi) is 6.48. The highest BCUT2D eigenvalue weighted by Gasteiger charge is 2.18. The second-order valence-electron chi connectivity index (χ2n) is 7.21. The van der Waals surface area contributed by atoms with Gasteiger partial charge in [-0.1, -0.05) is 60.7 Å². The zero-order chi connectivity index (χ0) is 19.1. The summed E-state index contributed by atoms with van der Waals surface area (Å²) in [5, 5.41) is 0. The number of benzene rings is 2. The van der Waals surface area contributed by atoms with Crippen LogP contribution >= 0.6 is 0 Å². The molecule has 0 bridgehead atoms. The van der Waals surface area contributed by atoms with Gasteiger partial charge in [0, 0.05) is 30.9 Å². The quantitative estimate of drug-likeness (QED) is 0.560. The molecular weight excluding hydrogens is 332 g/mol. The molecule has 0 aliphatic rings. The molecule has 1 aromatic heterocycles. The van der Waals surface area contributed by atoms with Crippen molar-refractivity contribution in [3.8, 4) is 0 Å². The van der Waals surface area contributed by atoms with Crippen molar-refractivity contribution in [1.82, 2.24) is 9.47 Å². The van der Waals surface area contributed by atoms with Crippen molar-refractivity contribution in [2.75, 3.05) is 0 Å². The van der Waals surface area contributed by atoms with Crippen molar-refractivity contribution in [3.63, 3.8) is 0 Å². The largest absolute Gasteiger partial charge is 0.345 e. The Morgan fingerprint density at radius 1 is 0.889 bits per heavy atom. The first-order chi connectivity index (χ1) is 13.1. The van der Waals surface area contributed by atoms with Crippen LogP contribution in [0.15, 0.2) is 79.0 Å². The molecule has 3 rings (SSSR count). The highest BCUT2D eigenvalue weighted by molar-refractivity contribution is 5.76. The zero-order valence-corrected chi connectivity index (χ0v) is 16.2. The summed E-state index contributed by atoms with van der Waals surface area (Å²) < 4.78 is 2.23. The third kappa shape index (κ3) is 5.33. The SMILES string of the molecule is CC(C)N(Cc1cccn1Cc1ccccc1)C(=O)CCc1ccccc1. The number of carbonyl (C=O) groups is 1. The molecule has 0 atom stereocenters. The second-order valence-corrected chi connectivity index (χ2v) is 7.21. The first-order valence-corrected chi connectivity index (χ1v) is 9.65. The average molecular weight is 361 g/mol. The van der Waals surface area contributed by atoms with E-state index < -0.39 is 0 Å². The predicted octanol–water partition coefficient (Wildman–Crippen LogP) is 4.91. The maximum absolute atomic E-state index is 12.9. The third-order valence-electron chi connectivity index (χ3n) is 4.87. The van der Waals surface area contributed by atoms with Crippen LogP contribution in [0.1, 0.15) is 37.1 Å². The Hall–Kier alpha value is -2.81. The van der Waals surface area contributed by atoms with E-state index in [1.165, 1.54) is 16.8 Å². The van der Waals surface area contributed by atoms with E-state index in [-0.39, 0.29) is 11.9 Å². The Morgan fingerprint density at radius 2 is 1.52 bits per heavy atom. The van der Waals surface area contributed by atoms with Gasteiger partial charge in [0.25, 0.3) is 0 Å². The lowest BCUT2D eigenvalue weighted by atomic mass is 10.1. The molecule has 0 fully saturated rings. The summed E-state index contributed by atoms with van der Waals surface area (Å²) in [6, 6.07) is 25.0. The maximum atomic E-state index is 12.9. The number of aryl methyl sites for hydroxylation is 1. The van der Waals surface area contributed by atoms with Gasteiger partial charge in [-0.3, -0.25) is 4.79 Å². The lowest BCUT2D eigenvalue weighted by molar-refractivity contribution is -0.133. The first kappa shape index (κ1) is 19.0. The summed E-state index contributed by atoms with van der Waals surface area (Å²) in [5.74, 6) is 0.210. The number of hydrogen-bond acceptors (Lipinski definition) is 1. The van der Waals surface area contributed by atoms with E-state index in [1.54, 1.807) is 0 Å². The highest BCUT2D eigenvalue weighted by atomic mass is 16.2. The van der Waals surface area contributed by atoms with Gasteiger partial charge in [-0.15, -0.1) is 0 Å². The van der Waals surface area contributed by atoms with Gasteiger partial charge in [0.05, 0.1) is 6.54 Å². The molecule has 0 radical (unpaired) electrons. The molecule has 1 heterocycles. The molecular formula is C24H28N2O. The molecule has 0 aliphatic heterocycles. The fourth-order valence-electron chi connectivity index (χ4n) is 3.30.